The average Bonchev–Trinajstić information content (AvgIpc) is 3.55. The monoisotopic (exact) mass is 516 g/mol. The van der Waals surface area contributed by atoms with Gasteiger partial charge in [0.2, 0.25) is 5.90 Å². The van der Waals surface area contributed by atoms with Crippen LogP contribution in [0.4, 0.5) is 0 Å². The molecule has 7 nitrogen and oxygen atoms in total. The summed E-state index contributed by atoms with van der Waals surface area (Å²) in [5.41, 5.74) is 0.415. The molecular formula is C26H32N2O5S2. The number of carbonyl (C=O) groups excluding carboxylic acids is 2. The van der Waals surface area contributed by atoms with Crippen LogP contribution in [0, 0.1) is 13.8 Å². The number of amides is 1. The molecule has 0 atom stereocenters. The van der Waals surface area contributed by atoms with Crippen LogP contribution in [0.3, 0.4) is 0 Å². The van der Waals surface area contributed by atoms with E-state index >= 15 is 0 Å². The van der Waals surface area contributed by atoms with Crippen LogP contribution in [0.15, 0.2) is 27.9 Å². The summed E-state index contributed by atoms with van der Waals surface area (Å²) in [5.74, 6) is -0.763. The second-order valence-corrected chi connectivity index (χ2v) is 11.5. The van der Waals surface area contributed by atoms with Gasteiger partial charge >= 0.3 is 11.9 Å². The molecule has 2 saturated carbocycles. The number of cyclic esters (lactones) is 1. The van der Waals surface area contributed by atoms with Crippen molar-refractivity contribution in [3.05, 3.63) is 43.8 Å². The Balaban J connectivity index is 0.000000165. The van der Waals surface area contributed by atoms with Gasteiger partial charge in [0.05, 0.1) is 9.75 Å². The fourth-order valence-electron chi connectivity index (χ4n) is 5.01. The SMILES string of the molecule is Cc1ccsc1C(=O)NC1(C(=O)O)CCCCC1.Cc1ccsc1C1=NC2(CCCCC2)C(=O)O1. The van der Waals surface area contributed by atoms with Gasteiger partial charge in [-0.15, -0.1) is 22.7 Å². The summed E-state index contributed by atoms with van der Waals surface area (Å²) < 4.78 is 5.40. The van der Waals surface area contributed by atoms with Gasteiger partial charge in [0.15, 0.2) is 5.54 Å². The quantitative estimate of drug-likeness (QED) is 0.512. The van der Waals surface area contributed by atoms with Crippen LogP contribution in [0.5, 0.6) is 0 Å². The number of esters is 1. The van der Waals surface area contributed by atoms with Crippen molar-refractivity contribution in [3.63, 3.8) is 0 Å². The van der Waals surface area contributed by atoms with E-state index in [0.29, 0.717) is 23.6 Å². The number of hydrogen-bond donors (Lipinski definition) is 2. The lowest BCUT2D eigenvalue weighted by Gasteiger charge is -2.33. The molecule has 188 valence electrons. The molecule has 3 heterocycles. The molecule has 9 heteroatoms. The molecule has 0 radical (unpaired) electrons. The summed E-state index contributed by atoms with van der Waals surface area (Å²) in [6.07, 6.45) is 8.87. The van der Waals surface area contributed by atoms with E-state index in [1.54, 1.807) is 11.3 Å². The molecule has 1 amide bonds. The van der Waals surface area contributed by atoms with Gasteiger partial charge in [-0.05, 0) is 73.6 Å². The molecular weight excluding hydrogens is 484 g/mol. The Kier molecular flexibility index (Phi) is 7.76. The van der Waals surface area contributed by atoms with Crippen molar-refractivity contribution in [3.8, 4) is 0 Å². The summed E-state index contributed by atoms with van der Waals surface area (Å²) in [6.45, 7) is 3.88. The number of carboxylic acid groups (broad SMARTS) is 1. The minimum atomic E-state index is -1.06. The lowest BCUT2D eigenvalue weighted by Crippen LogP contribution is -2.55. The maximum atomic E-state index is 12.1. The third-order valence-electron chi connectivity index (χ3n) is 7.16. The summed E-state index contributed by atoms with van der Waals surface area (Å²) >= 11 is 2.94. The van der Waals surface area contributed by atoms with Gasteiger partial charge in [-0.1, -0.05) is 38.5 Å². The number of aliphatic carboxylic acids is 1. The van der Waals surface area contributed by atoms with Crippen molar-refractivity contribution in [2.75, 3.05) is 0 Å². The Bertz CT molecular complexity index is 1120. The molecule has 0 aromatic carbocycles. The predicted molar refractivity (Wildman–Crippen MR) is 137 cm³/mol. The highest BCUT2D eigenvalue weighted by Crippen LogP contribution is 2.38. The Morgan fingerprint density at radius 1 is 0.943 bits per heavy atom. The molecule has 1 spiro atoms. The molecule has 3 aliphatic rings. The minimum Gasteiger partial charge on any atom is -0.480 e. The van der Waals surface area contributed by atoms with Gasteiger partial charge in [0, 0.05) is 0 Å². The Morgan fingerprint density at radius 2 is 1.54 bits per heavy atom. The van der Waals surface area contributed by atoms with E-state index in [0.717, 1.165) is 60.9 Å². The van der Waals surface area contributed by atoms with Crippen LogP contribution in [0.2, 0.25) is 0 Å². The normalized spacial score (nSPS) is 20.4. The van der Waals surface area contributed by atoms with Crippen molar-refractivity contribution in [2.24, 2.45) is 4.99 Å². The largest absolute Gasteiger partial charge is 0.480 e. The Morgan fingerprint density at radius 3 is 2.09 bits per heavy atom. The van der Waals surface area contributed by atoms with Gasteiger partial charge in [-0.25, -0.2) is 14.6 Å². The third kappa shape index (κ3) is 5.35. The summed E-state index contributed by atoms with van der Waals surface area (Å²) in [5, 5.41) is 16.0. The van der Waals surface area contributed by atoms with E-state index in [9.17, 15) is 19.5 Å². The van der Waals surface area contributed by atoms with Gasteiger partial charge in [-0.2, -0.15) is 0 Å². The zero-order chi connectivity index (χ0) is 25.1. The number of nitrogens with zero attached hydrogens (tertiary/aromatic N) is 1. The first-order chi connectivity index (χ1) is 16.8. The standard InChI is InChI=1S/C13H17NO3S.C13H15NO2S/c1-9-5-8-18-10(9)11(15)14-13(12(16)17)6-3-2-4-7-13;1-9-5-8-17-10(9)11-14-13(12(15)16-11)6-3-2-4-7-13/h5,8H,2-4,6-7H2,1H3,(H,14,15)(H,16,17);5,8H,2-4,6-7H2,1H3. The van der Waals surface area contributed by atoms with E-state index in [4.69, 9.17) is 4.74 Å². The fourth-order valence-corrected chi connectivity index (χ4v) is 6.68. The summed E-state index contributed by atoms with van der Waals surface area (Å²) in [6, 6.07) is 3.90. The maximum Gasteiger partial charge on any atom is 0.340 e. The molecule has 35 heavy (non-hydrogen) atoms. The van der Waals surface area contributed by atoms with Crippen molar-refractivity contribution in [1.82, 2.24) is 5.32 Å². The molecule has 0 bridgehead atoms. The zero-order valence-corrected chi connectivity index (χ0v) is 21.9. The second-order valence-electron chi connectivity index (χ2n) is 9.67. The smallest absolute Gasteiger partial charge is 0.340 e. The molecule has 2 N–H and O–H groups in total. The van der Waals surface area contributed by atoms with E-state index in [1.807, 2.05) is 36.7 Å². The van der Waals surface area contributed by atoms with Crippen LogP contribution in [0.1, 0.15) is 89.9 Å². The van der Waals surface area contributed by atoms with Gasteiger partial charge in [-0.3, -0.25) is 4.79 Å². The van der Waals surface area contributed by atoms with Gasteiger partial charge < -0.3 is 15.2 Å². The minimum absolute atomic E-state index is 0.139. The molecule has 2 fully saturated rings. The maximum absolute atomic E-state index is 12.1. The highest BCUT2D eigenvalue weighted by Gasteiger charge is 2.47. The zero-order valence-electron chi connectivity index (χ0n) is 20.2. The van der Waals surface area contributed by atoms with E-state index in [2.05, 4.69) is 10.3 Å². The van der Waals surface area contributed by atoms with Gasteiger partial charge in [0.1, 0.15) is 5.54 Å². The van der Waals surface area contributed by atoms with Crippen LogP contribution >= 0.6 is 22.7 Å². The third-order valence-corrected chi connectivity index (χ3v) is 9.18. The number of nitrogens with one attached hydrogen (secondary N) is 1. The number of ether oxygens (including phenoxy) is 1. The fraction of sp³-hybridized carbons (Fsp3) is 0.538. The van der Waals surface area contributed by atoms with Crippen molar-refractivity contribution >= 4 is 46.4 Å². The number of carboxylic acids is 1. The van der Waals surface area contributed by atoms with Gasteiger partial charge in [0.25, 0.3) is 5.91 Å². The number of rotatable bonds is 4. The second kappa shape index (κ2) is 10.6. The lowest BCUT2D eigenvalue weighted by molar-refractivity contribution is -0.146. The van der Waals surface area contributed by atoms with Crippen LogP contribution in [-0.2, 0) is 14.3 Å². The van der Waals surface area contributed by atoms with E-state index in [-0.39, 0.29) is 11.9 Å². The Hall–Kier alpha value is -2.52. The predicted octanol–water partition coefficient (Wildman–Crippen LogP) is 5.64. The van der Waals surface area contributed by atoms with Crippen LogP contribution < -0.4 is 5.32 Å². The first-order valence-corrected chi connectivity index (χ1v) is 14.0. The van der Waals surface area contributed by atoms with Crippen LogP contribution in [0.25, 0.3) is 0 Å². The summed E-state index contributed by atoms with van der Waals surface area (Å²) in [4.78, 5) is 41.9. The summed E-state index contributed by atoms with van der Waals surface area (Å²) in [7, 11) is 0. The topological polar surface area (TPSA) is 105 Å². The first kappa shape index (κ1) is 25.6. The Labute approximate surface area is 213 Å². The van der Waals surface area contributed by atoms with Crippen molar-refractivity contribution in [2.45, 2.75) is 89.1 Å². The number of aryl methyl sites for hydroxylation is 2. The highest BCUT2D eigenvalue weighted by molar-refractivity contribution is 7.12. The van der Waals surface area contributed by atoms with Crippen molar-refractivity contribution < 1.29 is 24.2 Å². The molecule has 0 unspecified atom stereocenters. The molecule has 0 saturated heterocycles. The lowest BCUT2D eigenvalue weighted by atomic mass is 9.81. The van der Waals surface area contributed by atoms with E-state index in [1.165, 1.54) is 17.8 Å². The molecule has 2 aliphatic carbocycles. The molecule has 5 rings (SSSR count). The van der Waals surface area contributed by atoms with Crippen LogP contribution in [-0.4, -0.2) is 39.9 Å². The number of carbonyl (C=O) groups is 3. The van der Waals surface area contributed by atoms with E-state index < -0.39 is 17.0 Å². The molecule has 2 aromatic heterocycles. The highest BCUT2D eigenvalue weighted by atomic mass is 32.1. The number of hydrogen-bond acceptors (Lipinski definition) is 7. The first-order valence-electron chi connectivity index (χ1n) is 12.2. The van der Waals surface area contributed by atoms with Crippen molar-refractivity contribution in [1.29, 1.82) is 0 Å². The number of thiophene rings is 2. The average molecular weight is 517 g/mol. The number of aliphatic imine (C=N–C) groups is 1. The molecule has 2 aromatic rings. The molecule has 1 aliphatic heterocycles.